The maximum absolute atomic E-state index is 13.2. The average molecular weight is 645 g/mol. The van der Waals surface area contributed by atoms with Crippen LogP contribution in [0.5, 0.6) is 17.2 Å². The molecule has 3 aromatic carbocycles. The van der Waals surface area contributed by atoms with Crippen molar-refractivity contribution in [1.82, 2.24) is 0 Å². The number of carbonyl (C=O) groups is 1. The van der Waals surface area contributed by atoms with Gasteiger partial charge in [-0.1, -0.05) is 13.8 Å². The van der Waals surface area contributed by atoms with Crippen molar-refractivity contribution in [2.24, 2.45) is 0 Å². The Bertz CT molecular complexity index is 1770. The highest BCUT2D eigenvalue weighted by molar-refractivity contribution is 7.92. The summed E-state index contributed by atoms with van der Waals surface area (Å²) < 4.78 is 105. The van der Waals surface area contributed by atoms with Crippen molar-refractivity contribution in [3.63, 3.8) is 0 Å². The number of alkyl halides is 5. The number of thiophene rings is 1. The van der Waals surface area contributed by atoms with E-state index < -0.39 is 40.1 Å². The molecule has 43 heavy (non-hydrogen) atoms. The Balaban J connectivity index is 1.70. The highest BCUT2D eigenvalue weighted by Gasteiger charge is 2.33. The number of sulfonamides is 1. The predicted octanol–water partition coefficient (Wildman–Crippen LogP) is 7.36. The normalized spacial score (nSPS) is 12.3. The van der Waals surface area contributed by atoms with Gasteiger partial charge in [0.15, 0.2) is 0 Å². The van der Waals surface area contributed by atoms with Crippen LogP contribution in [0.4, 0.5) is 33.3 Å². The molecule has 0 bridgehead atoms. The van der Waals surface area contributed by atoms with Gasteiger partial charge in [-0.25, -0.2) is 8.42 Å². The number of carbonyl (C=O) groups excluding carboxylic acids is 1. The monoisotopic (exact) mass is 644 g/mol. The number of anilines is 2. The van der Waals surface area contributed by atoms with Gasteiger partial charge in [-0.3, -0.25) is 9.52 Å². The first kappa shape index (κ1) is 31.8. The lowest BCUT2D eigenvalue weighted by atomic mass is 9.77. The molecule has 1 aromatic heterocycles. The van der Waals surface area contributed by atoms with E-state index in [9.17, 15) is 35.2 Å². The van der Waals surface area contributed by atoms with Gasteiger partial charge in [-0.15, -0.1) is 24.5 Å². The minimum atomic E-state index is -4.96. The van der Waals surface area contributed by atoms with E-state index in [0.29, 0.717) is 26.9 Å². The van der Waals surface area contributed by atoms with Gasteiger partial charge in [0.05, 0.1) is 18.2 Å². The van der Waals surface area contributed by atoms with Crippen LogP contribution in [0.25, 0.3) is 10.1 Å². The lowest BCUT2D eigenvalue weighted by Crippen LogP contribution is -2.22. The molecule has 230 valence electrons. The second kappa shape index (κ2) is 11.9. The molecule has 1 heterocycles. The lowest BCUT2D eigenvalue weighted by Gasteiger charge is -2.28. The third-order valence-electron chi connectivity index (χ3n) is 6.23. The topological polar surface area (TPSA) is 103 Å². The quantitative estimate of drug-likeness (QED) is 0.175. The van der Waals surface area contributed by atoms with Crippen LogP contribution in [0.3, 0.4) is 0 Å². The van der Waals surface area contributed by atoms with Crippen LogP contribution >= 0.6 is 11.3 Å². The van der Waals surface area contributed by atoms with Gasteiger partial charge in [-0.2, -0.15) is 8.78 Å². The lowest BCUT2D eigenvalue weighted by molar-refractivity contribution is -0.274. The molecular weight excluding hydrogens is 619 g/mol. The Morgan fingerprint density at radius 3 is 2.16 bits per heavy atom. The SMILES string of the molecule is COc1cc(OC(F)(F)F)cc(C(C)(C)c2cc(NC(=O)c3cc4cc(NS(C)(=O)=O)ccc4s3)cc(OC(F)F)c2)c1. The third kappa shape index (κ3) is 8.26. The number of benzene rings is 3. The Kier molecular flexibility index (Phi) is 8.79. The Hall–Kier alpha value is -4.11. The van der Waals surface area contributed by atoms with Crippen molar-refractivity contribution >= 4 is 48.7 Å². The van der Waals surface area contributed by atoms with Crippen LogP contribution in [-0.4, -0.2) is 40.7 Å². The number of halogens is 5. The number of hydrogen-bond donors (Lipinski definition) is 2. The van der Waals surface area contributed by atoms with E-state index in [1.54, 1.807) is 38.1 Å². The third-order valence-corrected chi connectivity index (χ3v) is 7.95. The zero-order valence-electron chi connectivity index (χ0n) is 23.0. The fourth-order valence-electron chi connectivity index (χ4n) is 4.24. The molecule has 0 saturated heterocycles. The minimum absolute atomic E-state index is 0.0676. The molecule has 4 rings (SSSR count). The summed E-state index contributed by atoms with van der Waals surface area (Å²) >= 11 is 1.12. The van der Waals surface area contributed by atoms with Crippen molar-refractivity contribution < 1.29 is 49.4 Å². The van der Waals surface area contributed by atoms with Crippen LogP contribution in [0.2, 0.25) is 0 Å². The van der Waals surface area contributed by atoms with Crippen LogP contribution < -0.4 is 24.2 Å². The molecule has 0 spiro atoms. The molecule has 0 atom stereocenters. The van der Waals surface area contributed by atoms with Crippen molar-refractivity contribution in [3.8, 4) is 17.2 Å². The molecule has 8 nitrogen and oxygen atoms in total. The Labute approximate surface area is 247 Å². The van der Waals surface area contributed by atoms with Gasteiger partial charge < -0.3 is 19.5 Å². The smallest absolute Gasteiger partial charge is 0.497 e. The zero-order chi connectivity index (χ0) is 31.7. The fraction of sp³-hybridized carbons (Fsp3) is 0.250. The molecule has 1 amide bonds. The minimum Gasteiger partial charge on any atom is -0.497 e. The summed E-state index contributed by atoms with van der Waals surface area (Å²) in [6.45, 7) is 0.0867. The Morgan fingerprint density at radius 2 is 1.53 bits per heavy atom. The molecule has 2 N–H and O–H groups in total. The highest BCUT2D eigenvalue weighted by Crippen LogP contribution is 2.40. The fourth-order valence-corrected chi connectivity index (χ4v) is 5.73. The molecule has 0 aliphatic rings. The number of methoxy groups -OCH3 is 1. The van der Waals surface area contributed by atoms with Crippen LogP contribution in [0.1, 0.15) is 34.6 Å². The molecule has 0 fully saturated rings. The van der Waals surface area contributed by atoms with E-state index in [0.717, 1.165) is 29.7 Å². The first-order chi connectivity index (χ1) is 19.9. The van der Waals surface area contributed by atoms with Gasteiger partial charge in [0, 0.05) is 33.6 Å². The van der Waals surface area contributed by atoms with Crippen molar-refractivity contribution in [2.45, 2.75) is 32.2 Å². The first-order valence-corrected chi connectivity index (χ1v) is 15.0. The van der Waals surface area contributed by atoms with Gasteiger partial charge >= 0.3 is 13.0 Å². The van der Waals surface area contributed by atoms with Gasteiger partial charge in [0.25, 0.3) is 5.91 Å². The summed E-state index contributed by atoms with van der Waals surface area (Å²) in [7, 11) is -2.25. The molecule has 0 unspecified atom stereocenters. The molecule has 0 saturated carbocycles. The standard InChI is InChI=1S/C28H25F5N2O6S2/c1-27(2,17-10-20(39-3)14-22(12-17)41-28(31,32)33)16-9-19(13-21(11-16)40-26(29)30)34-25(36)24-8-15-7-18(35-43(4,37)38)5-6-23(15)42-24/h5-14,26,35H,1-4H3,(H,34,36). The summed E-state index contributed by atoms with van der Waals surface area (Å²) in [5, 5.41) is 3.24. The molecular formula is C28H25F5N2O6S2. The Morgan fingerprint density at radius 1 is 0.884 bits per heavy atom. The number of ether oxygens (including phenoxy) is 3. The van der Waals surface area contributed by atoms with E-state index in [1.807, 2.05) is 0 Å². The van der Waals surface area contributed by atoms with E-state index in [4.69, 9.17) is 4.74 Å². The van der Waals surface area contributed by atoms with Gasteiger partial charge in [-0.05, 0) is 65.0 Å². The predicted molar refractivity (Wildman–Crippen MR) is 153 cm³/mol. The average Bonchev–Trinajstić information content (AvgIpc) is 3.29. The number of amides is 1. The zero-order valence-corrected chi connectivity index (χ0v) is 24.6. The molecule has 15 heteroatoms. The first-order valence-electron chi connectivity index (χ1n) is 12.3. The van der Waals surface area contributed by atoms with Crippen molar-refractivity contribution in [1.29, 1.82) is 0 Å². The summed E-state index contributed by atoms with van der Waals surface area (Å²) in [6, 6.07) is 14.0. The highest BCUT2D eigenvalue weighted by atomic mass is 32.2. The van der Waals surface area contributed by atoms with E-state index in [2.05, 4.69) is 19.5 Å². The van der Waals surface area contributed by atoms with E-state index in [1.165, 1.54) is 31.4 Å². The van der Waals surface area contributed by atoms with E-state index >= 15 is 0 Å². The van der Waals surface area contributed by atoms with Crippen molar-refractivity contribution in [3.05, 3.63) is 76.7 Å². The molecule has 0 radical (unpaired) electrons. The number of nitrogens with one attached hydrogen (secondary N) is 2. The van der Waals surface area contributed by atoms with Gasteiger partial charge in [0.1, 0.15) is 17.2 Å². The van der Waals surface area contributed by atoms with Gasteiger partial charge in [0.2, 0.25) is 10.0 Å². The van der Waals surface area contributed by atoms with Crippen LogP contribution in [-0.2, 0) is 15.4 Å². The van der Waals surface area contributed by atoms with Crippen LogP contribution in [0, 0.1) is 0 Å². The molecule has 0 aliphatic heterocycles. The van der Waals surface area contributed by atoms with Crippen LogP contribution in [0.15, 0.2) is 60.7 Å². The summed E-state index contributed by atoms with van der Waals surface area (Å²) in [5.74, 6) is -1.35. The summed E-state index contributed by atoms with van der Waals surface area (Å²) in [4.78, 5) is 13.4. The maximum atomic E-state index is 13.2. The molecule has 4 aromatic rings. The number of fused-ring (bicyclic) bond motifs is 1. The maximum Gasteiger partial charge on any atom is 0.573 e. The largest absolute Gasteiger partial charge is 0.573 e. The molecule has 0 aliphatic carbocycles. The summed E-state index contributed by atoms with van der Waals surface area (Å²) in [6.07, 6.45) is -3.96. The van der Waals surface area contributed by atoms with Crippen molar-refractivity contribution in [2.75, 3.05) is 23.4 Å². The second-order valence-corrected chi connectivity index (χ2v) is 12.7. The number of rotatable bonds is 10. The second-order valence-electron chi connectivity index (χ2n) is 9.89. The summed E-state index contributed by atoms with van der Waals surface area (Å²) in [5.41, 5.74) is -0.122. The van der Waals surface area contributed by atoms with E-state index in [-0.39, 0.29) is 22.1 Å². The number of hydrogen-bond acceptors (Lipinski definition) is 7.